The Morgan fingerprint density at radius 1 is 1.36 bits per heavy atom. The van der Waals surface area contributed by atoms with Crippen LogP contribution in [0.25, 0.3) is 0 Å². The summed E-state index contributed by atoms with van der Waals surface area (Å²) in [7, 11) is 4.26. The lowest BCUT2D eigenvalue weighted by Crippen LogP contribution is -2.39. The van der Waals surface area contributed by atoms with E-state index in [-0.39, 0.29) is 0 Å². The SMILES string of the molecule is CNCCCN1CCCN(C)CC1C. The highest BCUT2D eigenvalue weighted by atomic mass is 15.2. The first kappa shape index (κ1) is 12.0. The van der Waals surface area contributed by atoms with Gasteiger partial charge in [0.1, 0.15) is 0 Å². The monoisotopic (exact) mass is 199 g/mol. The van der Waals surface area contributed by atoms with Crippen molar-refractivity contribution in [2.24, 2.45) is 0 Å². The Hall–Kier alpha value is -0.120. The first-order chi connectivity index (χ1) is 6.74. The van der Waals surface area contributed by atoms with Gasteiger partial charge in [-0.1, -0.05) is 0 Å². The molecule has 1 saturated heterocycles. The van der Waals surface area contributed by atoms with E-state index in [1.54, 1.807) is 0 Å². The second-order valence-corrected chi connectivity index (χ2v) is 4.46. The molecule has 0 aromatic rings. The Labute approximate surface area is 88.5 Å². The van der Waals surface area contributed by atoms with E-state index < -0.39 is 0 Å². The first-order valence-electron chi connectivity index (χ1n) is 5.81. The van der Waals surface area contributed by atoms with Crippen molar-refractivity contribution < 1.29 is 0 Å². The van der Waals surface area contributed by atoms with Crippen LogP contribution in [0, 0.1) is 0 Å². The van der Waals surface area contributed by atoms with Gasteiger partial charge in [-0.25, -0.2) is 0 Å². The molecular formula is C11H25N3. The second kappa shape index (κ2) is 6.38. The van der Waals surface area contributed by atoms with Crippen LogP contribution in [0.4, 0.5) is 0 Å². The molecule has 0 aromatic carbocycles. The van der Waals surface area contributed by atoms with Crippen molar-refractivity contribution in [3.8, 4) is 0 Å². The van der Waals surface area contributed by atoms with Crippen molar-refractivity contribution in [3.05, 3.63) is 0 Å². The highest BCUT2D eigenvalue weighted by molar-refractivity contribution is 4.75. The van der Waals surface area contributed by atoms with Crippen molar-refractivity contribution >= 4 is 0 Å². The number of hydrogen-bond acceptors (Lipinski definition) is 3. The highest BCUT2D eigenvalue weighted by Crippen LogP contribution is 2.08. The third-order valence-electron chi connectivity index (χ3n) is 3.06. The molecular weight excluding hydrogens is 174 g/mol. The van der Waals surface area contributed by atoms with Crippen LogP contribution in [-0.4, -0.2) is 62.7 Å². The average molecular weight is 199 g/mol. The normalized spacial score (nSPS) is 26.4. The van der Waals surface area contributed by atoms with Crippen LogP contribution in [0.1, 0.15) is 19.8 Å². The molecule has 0 radical (unpaired) electrons. The molecule has 1 fully saturated rings. The number of hydrogen-bond donors (Lipinski definition) is 1. The van der Waals surface area contributed by atoms with E-state index in [0.717, 1.165) is 12.6 Å². The standard InChI is InChI=1S/C11H25N3/c1-11-10-13(3)7-5-9-14(11)8-4-6-12-2/h11-12H,4-10H2,1-3H3. The van der Waals surface area contributed by atoms with Crippen LogP contribution in [0.5, 0.6) is 0 Å². The van der Waals surface area contributed by atoms with Crippen LogP contribution in [-0.2, 0) is 0 Å². The number of likely N-dealkylation sites (N-methyl/N-ethyl adjacent to an activating group) is 1. The Morgan fingerprint density at radius 2 is 2.14 bits per heavy atom. The summed E-state index contributed by atoms with van der Waals surface area (Å²) < 4.78 is 0. The van der Waals surface area contributed by atoms with Crippen LogP contribution in [0.2, 0.25) is 0 Å². The lowest BCUT2D eigenvalue weighted by atomic mass is 10.2. The minimum Gasteiger partial charge on any atom is -0.320 e. The quantitative estimate of drug-likeness (QED) is 0.670. The maximum atomic E-state index is 3.21. The Balaban J connectivity index is 2.27. The van der Waals surface area contributed by atoms with Crippen molar-refractivity contribution in [2.45, 2.75) is 25.8 Å². The van der Waals surface area contributed by atoms with Gasteiger partial charge in [0.2, 0.25) is 0 Å². The van der Waals surface area contributed by atoms with Crippen LogP contribution in [0.15, 0.2) is 0 Å². The third-order valence-corrected chi connectivity index (χ3v) is 3.06. The van der Waals surface area contributed by atoms with Crippen molar-refractivity contribution in [1.82, 2.24) is 15.1 Å². The number of rotatable bonds is 4. The molecule has 0 bridgehead atoms. The van der Waals surface area contributed by atoms with Gasteiger partial charge in [0.15, 0.2) is 0 Å². The fraction of sp³-hybridized carbons (Fsp3) is 1.00. The largest absolute Gasteiger partial charge is 0.320 e. The first-order valence-corrected chi connectivity index (χ1v) is 5.81. The van der Waals surface area contributed by atoms with E-state index in [1.165, 1.54) is 39.0 Å². The summed E-state index contributed by atoms with van der Waals surface area (Å²) >= 11 is 0. The third kappa shape index (κ3) is 3.95. The molecule has 1 rings (SSSR count). The van der Waals surface area contributed by atoms with Gasteiger partial charge < -0.3 is 10.2 Å². The molecule has 3 nitrogen and oxygen atoms in total. The van der Waals surface area contributed by atoms with Gasteiger partial charge >= 0.3 is 0 Å². The highest BCUT2D eigenvalue weighted by Gasteiger charge is 2.18. The van der Waals surface area contributed by atoms with Crippen molar-refractivity contribution in [3.63, 3.8) is 0 Å². The van der Waals surface area contributed by atoms with Gasteiger partial charge in [0.25, 0.3) is 0 Å². The number of nitrogens with one attached hydrogen (secondary N) is 1. The van der Waals surface area contributed by atoms with E-state index in [1.807, 2.05) is 7.05 Å². The summed E-state index contributed by atoms with van der Waals surface area (Å²) in [5, 5.41) is 3.21. The van der Waals surface area contributed by atoms with Crippen LogP contribution in [0.3, 0.4) is 0 Å². The topological polar surface area (TPSA) is 18.5 Å². The summed E-state index contributed by atoms with van der Waals surface area (Å²) in [6.45, 7) is 8.48. The molecule has 0 spiro atoms. The molecule has 1 aliphatic rings. The fourth-order valence-electron chi connectivity index (χ4n) is 2.21. The average Bonchev–Trinajstić information content (AvgIpc) is 2.29. The molecule has 1 atom stereocenters. The zero-order valence-electron chi connectivity index (χ0n) is 9.92. The minimum atomic E-state index is 0.722. The van der Waals surface area contributed by atoms with Gasteiger partial charge in [-0.3, -0.25) is 4.90 Å². The summed E-state index contributed by atoms with van der Waals surface area (Å²) in [5.74, 6) is 0. The molecule has 1 heterocycles. The van der Waals surface area contributed by atoms with Gasteiger partial charge in [-0.05, 0) is 60.0 Å². The molecule has 0 aromatic heterocycles. The van der Waals surface area contributed by atoms with E-state index in [2.05, 4.69) is 29.1 Å². The predicted molar refractivity (Wildman–Crippen MR) is 61.7 cm³/mol. The molecule has 3 heteroatoms. The second-order valence-electron chi connectivity index (χ2n) is 4.46. The molecule has 1 N–H and O–H groups in total. The van der Waals surface area contributed by atoms with Gasteiger partial charge in [0, 0.05) is 12.6 Å². The Morgan fingerprint density at radius 3 is 2.86 bits per heavy atom. The van der Waals surface area contributed by atoms with Crippen molar-refractivity contribution in [1.29, 1.82) is 0 Å². The molecule has 1 unspecified atom stereocenters. The van der Waals surface area contributed by atoms with E-state index in [4.69, 9.17) is 0 Å². The number of nitrogens with zero attached hydrogens (tertiary/aromatic N) is 2. The molecule has 0 amide bonds. The summed E-state index contributed by atoms with van der Waals surface area (Å²) in [5.41, 5.74) is 0. The van der Waals surface area contributed by atoms with Gasteiger partial charge in [-0.2, -0.15) is 0 Å². The minimum absolute atomic E-state index is 0.722. The molecule has 14 heavy (non-hydrogen) atoms. The summed E-state index contributed by atoms with van der Waals surface area (Å²) in [6.07, 6.45) is 2.59. The lowest BCUT2D eigenvalue weighted by Gasteiger charge is -2.27. The van der Waals surface area contributed by atoms with E-state index in [0.29, 0.717) is 0 Å². The van der Waals surface area contributed by atoms with Gasteiger partial charge in [0.05, 0.1) is 0 Å². The van der Waals surface area contributed by atoms with Gasteiger partial charge in [-0.15, -0.1) is 0 Å². The lowest BCUT2D eigenvalue weighted by molar-refractivity contribution is 0.200. The molecule has 84 valence electrons. The zero-order chi connectivity index (χ0) is 10.4. The van der Waals surface area contributed by atoms with E-state index in [9.17, 15) is 0 Å². The van der Waals surface area contributed by atoms with E-state index >= 15 is 0 Å². The molecule has 0 aliphatic carbocycles. The smallest absolute Gasteiger partial charge is 0.0194 e. The maximum absolute atomic E-state index is 3.21. The predicted octanol–water partition coefficient (Wildman–Crippen LogP) is 0.622. The summed E-state index contributed by atoms with van der Waals surface area (Å²) in [4.78, 5) is 5.07. The molecule has 0 saturated carbocycles. The summed E-state index contributed by atoms with van der Waals surface area (Å²) in [6, 6.07) is 0.722. The maximum Gasteiger partial charge on any atom is 0.0194 e. The fourth-order valence-corrected chi connectivity index (χ4v) is 2.21. The zero-order valence-corrected chi connectivity index (χ0v) is 9.92. The van der Waals surface area contributed by atoms with Crippen molar-refractivity contribution in [2.75, 3.05) is 46.8 Å². The van der Waals surface area contributed by atoms with Crippen LogP contribution < -0.4 is 5.32 Å². The van der Waals surface area contributed by atoms with Crippen LogP contribution >= 0.6 is 0 Å². The molecule has 1 aliphatic heterocycles. The Bertz CT molecular complexity index is 149. The Kier molecular flexibility index (Phi) is 5.45.